The van der Waals surface area contributed by atoms with Crippen LogP contribution in [0, 0.1) is 0 Å². The number of hydrogen-bond acceptors (Lipinski definition) is 7. The van der Waals surface area contributed by atoms with Crippen LogP contribution in [-0.4, -0.2) is 72.5 Å². The molecule has 2 rings (SSSR count). The normalized spacial score (nSPS) is 17.7. The van der Waals surface area contributed by atoms with E-state index in [1.165, 1.54) is 18.9 Å². The van der Waals surface area contributed by atoms with Crippen LogP contribution in [0.4, 0.5) is 4.79 Å². The lowest BCUT2D eigenvalue weighted by atomic mass is 10.1. The van der Waals surface area contributed by atoms with Gasteiger partial charge in [0.2, 0.25) is 11.6 Å². The molecule has 1 aliphatic rings. The monoisotopic (exact) mass is 494 g/mol. The van der Waals surface area contributed by atoms with Gasteiger partial charge in [-0.05, 0) is 57.6 Å². The number of rotatable bonds is 11. The number of esters is 1. The number of likely N-dealkylation sites (tertiary alicyclic amines) is 1. The molecule has 2 atom stereocenters. The molecular formula is C25H38N2O6S. The van der Waals surface area contributed by atoms with Gasteiger partial charge in [0.25, 0.3) is 0 Å². The maximum Gasteiger partial charge on any atom is 0.410 e. The molecule has 0 aliphatic carbocycles. The van der Waals surface area contributed by atoms with Crippen LogP contribution < -0.4 is 5.32 Å². The second-order valence-corrected chi connectivity index (χ2v) is 10.4. The van der Waals surface area contributed by atoms with Gasteiger partial charge < -0.3 is 24.4 Å². The molecule has 1 saturated heterocycles. The maximum absolute atomic E-state index is 12.9. The standard InChI is InChI=1S/C25H38N2O6S/c1-24(2,3)33-23(30)27-16-9-12-20(27)18-32-25(15-17-34-5,22(29)31-4)26-21(28)14-13-19-10-7-6-8-11-19/h6-8,10-11,20H,9,12-18H2,1-5H3,(H,26,28)/t20-,25-/m0/s1. The molecule has 0 radical (unpaired) electrons. The van der Waals surface area contributed by atoms with Crippen molar-refractivity contribution in [1.29, 1.82) is 0 Å². The summed E-state index contributed by atoms with van der Waals surface area (Å²) in [7, 11) is 1.28. The summed E-state index contributed by atoms with van der Waals surface area (Å²) >= 11 is 1.54. The van der Waals surface area contributed by atoms with Crippen LogP contribution in [0.25, 0.3) is 0 Å². The first-order chi connectivity index (χ1) is 16.1. The molecule has 190 valence electrons. The average molecular weight is 495 g/mol. The molecule has 0 spiro atoms. The molecule has 9 heteroatoms. The van der Waals surface area contributed by atoms with Crippen molar-refractivity contribution in [2.75, 3.05) is 32.3 Å². The van der Waals surface area contributed by atoms with Crippen LogP contribution in [0.3, 0.4) is 0 Å². The Hall–Kier alpha value is -2.26. The van der Waals surface area contributed by atoms with Crippen molar-refractivity contribution in [2.45, 2.75) is 70.2 Å². The molecule has 0 aromatic heterocycles. The highest BCUT2D eigenvalue weighted by Crippen LogP contribution is 2.25. The maximum atomic E-state index is 12.9. The number of carbonyl (C=O) groups excluding carboxylic acids is 3. The van der Waals surface area contributed by atoms with E-state index in [-0.39, 0.29) is 31.4 Å². The Balaban J connectivity index is 2.11. The fourth-order valence-electron chi connectivity index (χ4n) is 3.79. The number of hydrogen-bond donors (Lipinski definition) is 1. The predicted molar refractivity (Wildman–Crippen MR) is 133 cm³/mol. The number of nitrogens with zero attached hydrogens (tertiary/aromatic N) is 1. The first kappa shape index (κ1) is 28.0. The van der Waals surface area contributed by atoms with Gasteiger partial charge in [0.1, 0.15) is 5.60 Å². The van der Waals surface area contributed by atoms with Gasteiger partial charge in [-0.3, -0.25) is 4.79 Å². The third-order valence-corrected chi connectivity index (χ3v) is 6.14. The van der Waals surface area contributed by atoms with E-state index in [1.54, 1.807) is 4.90 Å². The summed E-state index contributed by atoms with van der Waals surface area (Å²) in [4.78, 5) is 40.0. The van der Waals surface area contributed by atoms with E-state index in [4.69, 9.17) is 14.2 Å². The van der Waals surface area contributed by atoms with Gasteiger partial charge in [0, 0.05) is 19.4 Å². The van der Waals surface area contributed by atoms with Gasteiger partial charge in [-0.2, -0.15) is 11.8 Å². The Morgan fingerprint density at radius 3 is 2.50 bits per heavy atom. The summed E-state index contributed by atoms with van der Waals surface area (Å²) in [6.45, 7) is 6.11. The quantitative estimate of drug-likeness (QED) is 0.370. The van der Waals surface area contributed by atoms with Gasteiger partial charge >= 0.3 is 12.1 Å². The fourth-order valence-corrected chi connectivity index (χ4v) is 4.28. The van der Waals surface area contributed by atoms with E-state index < -0.39 is 23.4 Å². The Kier molecular flexibility index (Phi) is 10.7. The molecule has 34 heavy (non-hydrogen) atoms. The highest BCUT2D eigenvalue weighted by atomic mass is 32.2. The van der Waals surface area contributed by atoms with E-state index >= 15 is 0 Å². The van der Waals surface area contributed by atoms with Crippen LogP contribution in [0.15, 0.2) is 30.3 Å². The summed E-state index contributed by atoms with van der Waals surface area (Å²) in [6, 6.07) is 9.42. The van der Waals surface area contributed by atoms with Crippen molar-refractivity contribution < 1.29 is 28.6 Å². The van der Waals surface area contributed by atoms with E-state index in [2.05, 4.69) is 5.32 Å². The minimum absolute atomic E-state index is 0.0850. The second-order valence-electron chi connectivity index (χ2n) is 9.38. The van der Waals surface area contributed by atoms with Gasteiger partial charge in [-0.15, -0.1) is 0 Å². The smallest absolute Gasteiger partial charge is 0.410 e. The first-order valence-electron chi connectivity index (χ1n) is 11.7. The summed E-state index contributed by atoms with van der Waals surface area (Å²) in [5.41, 5.74) is -1.19. The predicted octanol–water partition coefficient (Wildman–Crippen LogP) is 3.77. The zero-order valence-electron chi connectivity index (χ0n) is 20.9. The SMILES string of the molecule is COC(=O)[C@@](CCSC)(NC(=O)CCc1ccccc1)OC[C@@H]1CCCN1C(=O)OC(C)(C)C. The molecule has 0 saturated carbocycles. The zero-order chi connectivity index (χ0) is 25.2. The summed E-state index contributed by atoms with van der Waals surface area (Å²) in [5, 5.41) is 2.81. The van der Waals surface area contributed by atoms with Crippen LogP contribution >= 0.6 is 11.8 Å². The van der Waals surface area contributed by atoms with E-state index in [0.29, 0.717) is 18.7 Å². The fraction of sp³-hybridized carbons (Fsp3) is 0.640. The lowest BCUT2D eigenvalue weighted by Crippen LogP contribution is -2.59. The molecule has 1 aromatic carbocycles. The van der Waals surface area contributed by atoms with Crippen molar-refractivity contribution in [3.05, 3.63) is 35.9 Å². The molecule has 1 aliphatic heterocycles. The van der Waals surface area contributed by atoms with E-state index in [9.17, 15) is 14.4 Å². The number of thioether (sulfide) groups is 1. The zero-order valence-corrected chi connectivity index (χ0v) is 21.7. The number of amides is 2. The van der Waals surface area contributed by atoms with Crippen molar-refractivity contribution in [1.82, 2.24) is 10.2 Å². The second kappa shape index (κ2) is 13.0. The van der Waals surface area contributed by atoms with Gasteiger partial charge in [-0.1, -0.05) is 30.3 Å². The molecule has 1 fully saturated rings. The van der Waals surface area contributed by atoms with Gasteiger partial charge in [0.15, 0.2) is 0 Å². The molecule has 1 N–H and O–H groups in total. The third kappa shape index (κ3) is 8.51. The third-order valence-electron chi connectivity index (χ3n) is 5.53. The van der Waals surface area contributed by atoms with Crippen LogP contribution in [-0.2, 0) is 30.2 Å². The molecule has 1 heterocycles. The van der Waals surface area contributed by atoms with Crippen LogP contribution in [0.5, 0.6) is 0 Å². The van der Waals surface area contributed by atoms with Gasteiger partial charge in [-0.25, -0.2) is 9.59 Å². The van der Waals surface area contributed by atoms with Gasteiger partial charge in [0.05, 0.1) is 19.8 Å². The Morgan fingerprint density at radius 2 is 1.88 bits per heavy atom. The Bertz CT molecular complexity index is 813. The number of ether oxygens (including phenoxy) is 3. The number of carbonyl (C=O) groups is 3. The highest BCUT2D eigenvalue weighted by molar-refractivity contribution is 7.98. The first-order valence-corrected chi connectivity index (χ1v) is 13.1. The summed E-state index contributed by atoms with van der Waals surface area (Å²) in [6.07, 6.45) is 4.05. The lowest BCUT2D eigenvalue weighted by molar-refractivity contribution is -0.180. The average Bonchev–Trinajstić information content (AvgIpc) is 3.27. The van der Waals surface area contributed by atoms with Crippen LogP contribution in [0.2, 0.25) is 0 Å². The number of methoxy groups -OCH3 is 1. The van der Waals surface area contributed by atoms with E-state index in [0.717, 1.165) is 18.4 Å². The number of benzene rings is 1. The molecular weight excluding hydrogens is 456 g/mol. The molecule has 0 unspecified atom stereocenters. The van der Waals surface area contributed by atoms with E-state index in [1.807, 2.05) is 57.4 Å². The lowest BCUT2D eigenvalue weighted by Gasteiger charge is -2.34. The summed E-state index contributed by atoms with van der Waals surface area (Å²) < 4.78 is 16.7. The van der Waals surface area contributed by atoms with Crippen molar-refractivity contribution in [3.8, 4) is 0 Å². The topological polar surface area (TPSA) is 94.2 Å². The summed E-state index contributed by atoms with van der Waals surface area (Å²) in [5.74, 6) is -0.378. The van der Waals surface area contributed by atoms with Crippen LogP contribution in [0.1, 0.15) is 52.0 Å². The van der Waals surface area contributed by atoms with Crippen molar-refractivity contribution >= 4 is 29.7 Å². The van der Waals surface area contributed by atoms with Crippen molar-refractivity contribution in [2.24, 2.45) is 0 Å². The molecule has 8 nitrogen and oxygen atoms in total. The molecule has 1 aromatic rings. The van der Waals surface area contributed by atoms with Crippen molar-refractivity contribution in [3.63, 3.8) is 0 Å². The minimum Gasteiger partial charge on any atom is -0.465 e. The largest absolute Gasteiger partial charge is 0.465 e. The highest BCUT2D eigenvalue weighted by Gasteiger charge is 2.44. The minimum atomic E-state index is -1.62. The number of aryl methyl sites for hydroxylation is 1. The molecule has 0 bridgehead atoms. The number of nitrogens with one attached hydrogen (secondary N) is 1. The molecule has 2 amide bonds. The Morgan fingerprint density at radius 1 is 1.18 bits per heavy atom. The Labute approximate surface area is 207 Å².